The molecular weight excluding hydrogens is 380 g/mol. The predicted octanol–water partition coefficient (Wildman–Crippen LogP) is 2.89. The zero-order chi connectivity index (χ0) is 16.4. The molecule has 1 atom stereocenters. The number of hydrogen-bond donors (Lipinski definition) is 2. The van der Waals surface area contributed by atoms with Gasteiger partial charge in [-0.05, 0) is 37.1 Å². The van der Waals surface area contributed by atoms with Gasteiger partial charge in [-0.15, -0.1) is 0 Å². The molecule has 0 bridgehead atoms. The number of sulfone groups is 1. The number of hydrogen-bond acceptors (Lipinski definition) is 6. The van der Waals surface area contributed by atoms with Gasteiger partial charge in [-0.25, -0.2) is 13.4 Å². The number of nitrogens with zero attached hydrogens (tertiary/aromatic N) is 2. The average molecular weight is 397 g/mol. The van der Waals surface area contributed by atoms with Crippen molar-refractivity contribution in [1.29, 1.82) is 0 Å². The second kappa shape index (κ2) is 6.45. The SMILES string of the molecule is Cc1ccc(Nc2nccc(NC3CCS(=O)(=O)C3)n2)cc1Br. The summed E-state index contributed by atoms with van der Waals surface area (Å²) >= 11 is 3.49. The molecular formula is C15H17BrN4O2S. The average Bonchev–Trinajstić information content (AvgIpc) is 2.82. The Labute approximate surface area is 143 Å². The fraction of sp³-hybridized carbons (Fsp3) is 0.333. The maximum atomic E-state index is 11.5. The molecule has 1 unspecified atom stereocenters. The summed E-state index contributed by atoms with van der Waals surface area (Å²) in [5.74, 6) is 1.48. The fourth-order valence-corrected chi connectivity index (χ4v) is 4.47. The van der Waals surface area contributed by atoms with Crippen LogP contribution in [0.25, 0.3) is 0 Å². The van der Waals surface area contributed by atoms with E-state index in [0.717, 1.165) is 15.7 Å². The molecule has 3 rings (SSSR count). The van der Waals surface area contributed by atoms with Gasteiger partial charge in [-0.3, -0.25) is 0 Å². The lowest BCUT2D eigenvalue weighted by molar-refractivity contribution is 0.602. The second-order valence-corrected chi connectivity index (χ2v) is 8.68. The van der Waals surface area contributed by atoms with Gasteiger partial charge in [0.1, 0.15) is 5.82 Å². The molecule has 0 radical (unpaired) electrons. The third-order valence-electron chi connectivity index (χ3n) is 3.67. The lowest BCUT2D eigenvalue weighted by atomic mass is 10.2. The molecule has 1 saturated heterocycles. The maximum Gasteiger partial charge on any atom is 0.229 e. The smallest absolute Gasteiger partial charge is 0.229 e. The highest BCUT2D eigenvalue weighted by Gasteiger charge is 2.27. The minimum absolute atomic E-state index is 0.0868. The molecule has 0 amide bonds. The molecule has 2 aromatic rings. The summed E-state index contributed by atoms with van der Waals surface area (Å²) in [6, 6.07) is 7.56. The Kier molecular flexibility index (Phi) is 4.54. The van der Waals surface area contributed by atoms with Gasteiger partial charge in [0.15, 0.2) is 9.84 Å². The molecule has 0 spiro atoms. The summed E-state index contributed by atoms with van der Waals surface area (Å²) in [6.45, 7) is 2.02. The Morgan fingerprint density at radius 3 is 2.83 bits per heavy atom. The van der Waals surface area contributed by atoms with Gasteiger partial charge in [0, 0.05) is 22.4 Å². The van der Waals surface area contributed by atoms with Crippen molar-refractivity contribution in [3.63, 3.8) is 0 Å². The van der Waals surface area contributed by atoms with Crippen LogP contribution in [0.15, 0.2) is 34.9 Å². The Balaban J connectivity index is 1.71. The second-order valence-electron chi connectivity index (χ2n) is 5.60. The van der Waals surface area contributed by atoms with Crippen molar-refractivity contribution in [3.8, 4) is 0 Å². The lowest BCUT2D eigenvalue weighted by Gasteiger charge is -2.12. The Morgan fingerprint density at radius 2 is 2.13 bits per heavy atom. The van der Waals surface area contributed by atoms with Gasteiger partial charge in [0.2, 0.25) is 5.95 Å². The lowest BCUT2D eigenvalue weighted by Crippen LogP contribution is -2.21. The number of nitrogens with one attached hydrogen (secondary N) is 2. The number of aromatic nitrogens is 2. The molecule has 8 heteroatoms. The van der Waals surface area contributed by atoms with Crippen LogP contribution >= 0.6 is 15.9 Å². The monoisotopic (exact) mass is 396 g/mol. The first kappa shape index (κ1) is 16.2. The molecule has 1 aromatic carbocycles. The topological polar surface area (TPSA) is 84.0 Å². The maximum absolute atomic E-state index is 11.5. The van der Waals surface area contributed by atoms with Gasteiger partial charge in [0.05, 0.1) is 11.5 Å². The summed E-state index contributed by atoms with van der Waals surface area (Å²) in [5.41, 5.74) is 2.03. The van der Waals surface area contributed by atoms with Gasteiger partial charge in [0.25, 0.3) is 0 Å². The number of rotatable bonds is 4. The highest BCUT2D eigenvalue weighted by atomic mass is 79.9. The first-order valence-corrected chi connectivity index (χ1v) is 9.86. The van der Waals surface area contributed by atoms with Crippen molar-refractivity contribution < 1.29 is 8.42 Å². The summed E-state index contributed by atoms with van der Waals surface area (Å²) in [7, 11) is -2.91. The van der Waals surface area contributed by atoms with Crippen molar-refractivity contribution in [2.45, 2.75) is 19.4 Å². The molecule has 1 fully saturated rings. The number of aryl methyl sites for hydroxylation is 1. The number of benzene rings is 1. The molecule has 0 saturated carbocycles. The molecule has 6 nitrogen and oxygen atoms in total. The number of anilines is 3. The van der Waals surface area contributed by atoms with Gasteiger partial charge in [-0.2, -0.15) is 4.98 Å². The largest absolute Gasteiger partial charge is 0.366 e. The Hall–Kier alpha value is -1.67. The van der Waals surface area contributed by atoms with Crippen molar-refractivity contribution in [1.82, 2.24) is 9.97 Å². The minimum Gasteiger partial charge on any atom is -0.366 e. The predicted molar refractivity (Wildman–Crippen MR) is 94.9 cm³/mol. The van der Waals surface area contributed by atoms with Gasteiger partial charge < -0.3 is 10.6 Å². The Morgan fingerprint density at radius 1 is 1.30 bits per heavy atom. The van der Waals surface area contributed by atoms with E-state index in [2.05, 4.69) is 36.5 Å². The molecule has 0 aliphatic carbocycles. The third kappa shape index (κ3) is 4.20. The Bertz CT molecular complexity index is 826. The summed E-state index contributed by atoms with van der Waals surface area (Å²) < 4.78 is 24.0. The van der Waals surface area contributed by atoms with Gasteiger partial charge in [-0.1, -0.05) is 22.0 Å². The van der Waals surface area contributed by atoms with Crippen LogP contribution in [0.1, 0.15) is 12.0 Å². The molecule has 23 heavy (non-hydrogen) atoms. The summed E-state index contributed by atoms with van der Waals surface area (Å²) in [5, 5.41) is 6.31. The van der Waals surface area contributed by atoms with E-state index in [4.69, 9.17) is 0 Å². The van der Waals surface area contributed by atoms with Crippen LogP contribution in [-0.4, -0.2) is 35.9 Å². The summed E-state index contributed by atoms with van der Waals surface area (Å²) in [4.78, 5) is 8.58. The van der Waals surface area contributed by atoms with E-state index < -0.39 is 9.84 Å². The highest BCUT2D eigenvalue weighted by Crippen LogP contribution is 2.23. The molecule has 1 aliphatic heterocycles. The van der Waals surface area contributed by atoms with E-state index >= 15 is 0 Å². The molecule has 1 aliphatic rings. The van der Waals surface area contributed by atoms with E-state index in [-0.39, 0.29) is 17.5 Å². The van der Waals surface area contributed by atoms with Crippen LogP contribution in [0.5, 0.6) is 0 Å². The van der Waals surface area contributed by atoms with E-state index in [9.17, 15) is 8.42 Å². The fourth-order valence-electron chi connectivity index (χ4n) is 2.42. The molecule has 122 valence electrons. The highest BCUT2D eigenvalue weighted by molar-refractivity contribution is 9.10. The van der Waals surface area contributed by atoms with Crippen molar-refractivity contribution in [2.75, 3.05) is 22.1 Å². The van der Waals surface area contributed by atoms with Crippen LogP contribution in [0.3, 0.4) is 0 Å². The van der Waals surface area contributed by atoms with E-state index in [0.29, 0.717) is 18.2 Å². The van der Waals surface area contributed by atoms with E-state index in [1.165, 1.54) is 0 Å². The molecule has 2 N–H and O–H groups in total. The van der Waals surface area contributed by atoms with Gasteiger partial charge >= 0.3 is 0 Å². The molecule has 2 heterocycles. The van der Waals surface area contributed by atoms with Crippen molar-refractivity contribution in [2.24, 2.45) is 0 Å². The van der Waals surface area contributed by atoms with Crippen molar-refractivity contribution >= 4 is 43.2 Å². The zero-order valence-electron chi connectivity index (χ0n) is 12.6. The first-order valence-electron chi connectivity index (χ1n) is 7.24. The standard InChI is InChI=1S/C15H17BrN4O2S/c1-10-2-3-11(8-13(10)16)19-15-17-6-4-14(20-15)18-12-5-7-23(21,22)9-12/h2-4,6,8,12H,5,7,9H2,1H3,(H2,17,18,19,20). The third-order valence-corrected chi connectivity index (χ3v) is 6.29. The first-order chi connectivity index (χ1) is 10.9. The molecule has 1 aromatic heterocycles. The van der Waals surface area contributed by atoms with Crippen LogP contribution in [0.4, 0.5) is 17.5 Å². The van der Waals surface area contributed by atoms with Crippen LogP contribution < -0.4 is 10.6 Å². The quantitative estimate of drug-likeness (QED) is 0.826. The normalized spacial score (nSPS) is 19.5. The zero-order valence-corrected chi connectivity index (χ0v) is 15.0. The minimum atomic E-state index is -2.91. The van der Waals surface area contributed by atoms with Crippen LogP contribution in [0.2, 0.25) is 0 Å². The van der Waals surface area contributed by atoms with Crippen LogP contribution in [0, 0.1) is 6.92 Å². The van der Waals surface area contributed by atoms with Crippen molar-refractivity contribution in [3.05, 3.63) is 40.5 Å². The summed E-state index contributed by atoms with van der Waals surface area (Å²) in [6.07, 6.45) is 2.25. The number of halogens is 1. The van der Waals surface area contributed by atoms with E-state index in [1.54, 1.807) is 12.3 Å². The van der Waals surface area contributed by atoms with E-state index in [1.807, 2.05) is 25.1 Å². The van der Waals surface area contributed by atoms with Crippen LogP contribution in [-0.2, 0) is 9.84 Å².